The summed E-state index contributed by atoms with van der Waals surface area (Å²) >= 11 is 0. The molecule has 2 atom stereocenters. The summed E-state index contributed by atoms with van der Waals surface area (Å²) in [5, 5.41) is 8.47. The number of nitrogens with zero attached hydrogens (tertiary/aromatic N) is 1. The fraction of sp³-hybridized carbons (Fsp3) is 0.300. The normalized spacial score (nSPS) is 17.3. The number of amides is 4. The lowest BCUT2D eigenvalue weighted by molar-refractivity contribution is -0.125. The molecule has 3 aromatic carbocycles. The van der Waals surface area contributed by atoms with Crippen molar-refractivity contribution in [3.8, 4) is 0 Å². The number of benzene rings is 3. The summed E-state index contributed by atoms with van der Waals surface area (Å²) in [4.78, 5) is 41.2. The number of para-hydroxylation sites is 1. The lowest BCUT2D eigenvalue weighted by Gasteiger charge is -2.28. The lowest BCUT2D eigenvalue weighted by atomic mass is 9.86. The van der Waals surface area contributed by atoms with Crippen molar-refractivity contribution < 1.29 is 18.8 Å². The molecular weight excluding hydrogens is 483 g/mol. The molecule has 0 radical (unpaired) electrons. The average molecular weight is 517 g/mol. The van der Waals surface area contributed by atoms with Crippen LogP contribution in [0.1, 0.15) is 49.8 Å². The predicted molar refractivity (Wildman–Crippen MR) is 147 cm³/mol. The standard InChI is InChI=1S/C30H33FN4O3/c1-19-12-14-22(15-13-19)32-29(38)33-25-17-24(20-8-7-9-21(31)16-20)23-10-5-6-11-26(23)35(28(25)37)18-27(36)34-30(2,3)4/h5-16,24-25H,17-18H2,1-4H3,(H,34,36)(H2,32,33,38). The average Bonchev–Trinajstić information content (AvgIpc) is 2.95. The summed E-state index contributed by atoms with van der Waals surface area (Å²) < 4.78 is 14.3. The Balaban J connectivity index is 1.70. The highest BCUT2D eigenvalue weighted by Crippen LogP contribution is 2.39. The van der Waals surface area contributed by atoms with Crippen LogP contribution in [0.2, 0.25) is 0 Å². The van der Waals surface area contributed by atoms with Gasteiger partial charge in [-0.25, -0.2) is 9.18 Å². The molecule has 1 aliphatic heterocycles. The van der Waals surface area contributed by atoms with Crippen LogP contribution in [-0.2, 0) is 9.59 Å². The fourth-order valence-corrected chi connectivity index (χ4v) is 4.68. The van der Waals surface area contributed by atoms with Gasteiger partial charge in [0.1, 0.15) is 18.4 Å². The van der Waals surface area contributed by atoms with Gasteiger partial charge < -0.3 is 20.9 Å². The van der Waals surface area contributed by atoms with Gasteiger partial charge in [-0.2, -0.15) is 0 Å². The van der Waals surface area contributed by atoms with E-state index in [9.17, 15) is 18.8 Å². The number of nitrogens with one attached hydrogen (secondary N) is 3. The van der Waals surface area contributed by atoms with Crippen LogP contribution in [0.3, 0.4) is 0 Å². The Morgan fingerprint density at radius 2 is 1.71 bits per heavy atom. The number of fused-ring (bicyclic) bond motifs is 1. The van der Waals surface area contributed by atoms with E-state index in [1.807, 2.05) is 52.0 Å². The van der Waals surface area contributed by atoms with Gasteiger partial charge in [-0.3, -0.25) is 9.59 Å². The minimum Gasteiger partial charge on any atom is -0.350 e. The molecule has 0 bridgehead atoms. The van der Waals surface area contributed by atoms with Crippen molar-refractivity contribution in [1.82, 2.24) is 10.6 Å². The molecule has 0 spiro atoms. The minimum atomic E-state index is -0.969. The Morgan fingerprint density at radius 3 is 2.39 bits per heavy atom. The van der Waals surface area contributed by atoms with Crippen LogP contribution in [0.4, 0.5) is 20.6 Å². The molecule has 2 unspecified atom stereocenters. The molecule has 38 heavy (non-hydrogen) atoms. The first-order chi connectivity index (χ1) is 18.0. The maximum atomic E-state index is 14.3. The van der Waals surface area contributed by atoms with Crippen molar-refractivity contribution in [3.05, 3.63) is 95.3 Å². The molecule has 0 saturated heterocycles. The highest BCUT2D eigenvalue weighted by molar-refractivity contribution is 6.05. The zero-order chi connectivity index (χ0) is 27.4. The van der Waals surface area contributed by atoms with E-state index in [1.54, 1.807) is 36.4 Å². The van der Waals surface area contributed by atoms with Crippen LogP contribution >= 0.6 is 0 Å². The molecule has 4 rings (SSSR count). The van der Waals surface area contributed by atoms with Crippen LogP contribution in [-0.4, -0.2) is 36.0 Å². The van der Waals surface area contributed by atoms with Crippen LogP contribution in [0, 0.1) is 12.7 Å². The van der Waals surface area contributed by atoms with Gasteiger partial charge in [-0.05, 0) is 75.6 Å². The molecule has 1 heterocycles. The second kappa shape index (κ2) is 11.0. The van der Waals surface area contributed by atoms with Crippen molar-refractivity contribution in [2.24, 2.45) is 0 Å². The summed E-state index contributed by atoms with van der Waals surface area (Å²) in [6, 6.07) is 19.3. The molecule has 7 nitrogen and oxygen atoms in total. The number of anilines is 2. The highest BCUT2D eigenvalue weighted by atomic mass is 19.1. The van der Waals surface area contributed by atoms with Crippen LogP contribution < -0.4 is 20.9 Å². The Labute approximate surface area is 222 Å². The van der Waals surface area contributed by atoms with Gasteiger partial charge >= 0.3 is 6.03 Å². The van der Waals surface area contributed by atoms with E-state index in [0.717, 1.165) is 11.1 Å². The van der Waals surface area contributed by atoms with Gasteiger partial charge in [0.05, 0.1) is 0 Å². The summed E-state index contributed by atoms with van der Waals surface area (Å²) in [5.41, 5.74) is 3.16. The third-order valence-corrected chi connectivity index (χ3v) is 6.32. The van der Waals surface area contributed by atoms with Gasteiger partial charge in [-0.1, -0.05) is 48.0 Å². The second-order valence-corrected chi connectivity index (χ2v) is 10.6. The maximum absolute atomic E-state index is 14.3. The number of urea groups is 1. The number of halogens is 1. The van der Waals surface area contributed by atoms with E-state index >= 15 is 0 Å². The van der Waals surface area contributed by atoms with Gasteiger partial charge in [0.15, 0.2) is 0 Å². The smallest absolute Gasteiger partial charge is 0.319 e. The van der Waals surface area contributed by atoms with Crippen LogP contribution in [0.5, 0.6) is 0 Å². The Hall–Kier alpha value is -4.20. The molecule has 198 valence electrons. The van der Waals surface area contributed by atoms with Crippen molar-refractivity contribution in [2.75, 3.05) is 16.8 Å². The van der Waals surface area contributed by atoms with Crippen LogP contribution in [0.15, 0.2) is 72.8 Å². The molecule has 0 saturated carbocycles. The quantitative estimate of drug-likeness (QED) is 0.440. The van der Waals surface area contributed by atoms with Crippen molar-refractivity contribution in [2.45, 2.75) is 51.6 Å². The molecule has 3 N–H and O–H groups in total. The summed E-state index contributed by atoms with van der Waals surface area (Å²) in [5.74, 6) is -1.53. The second-order valence-electron chi connectivity index (χ2n) is 10.6. The topological polar surface area (TPSA) is 90.5 Å². The van der Waals surface area contributed by atoms with Crippen molar-refractivity contribution >= 4 is 29.2 Å². The largest absolute Gasteiger partial charge is 0.350 e. The van der Waals surface area contributed by atoms with E-state index in [2.05, 4.69) is 16.0 Å². The van der Waals surface area contributed by atoms with Gasteiger partial charge in [-0.15, -0.1) is 0 Å². The Morgan fingerprint density at radius 1 is 1.00 bits per heavy atom. The lowest BCUT2D eigenvalue weighted by Crippen LogP contribution is -2.53. The van der Waals surface area contributed by atoms with E-state index in [1.165, 1.54) is 17.0 Å². The van der Waals surface area contributed by atoms with Gasteiger partial charge in [0.2, 0.25) is 11.8 Å². The monoisotopic (exact) mass is 516 g/mol. The molecule has 1 aliphatic rings. The minimum absolute atomic E-state index is 0.192. The number of aryl methyl sites for hydroxylation is 1. The van der Waals surface area contributed by atoms with Gasteiger partial charge in [0.25, 0.3) is 0 Å². The summed E-state index contributed by atoms with van der Waals surface area (Å²) in [6.45, 7) is 7.32. The van der Waals surface area contributed by atoms with E-state index in [-0.39, 0.29) is 18.9 Å². The molecule has 0 aromatic heterocycles. The van der Waals surface area contributed by atoms with E-state index in [0.29, 0.717) is 16.9 Å². The number of hydrogen-bond donors (Lipinski definition) is 3. The fourth-order valence-electron chi connectivity index (χ4n) is 4.68. The van der Waals surface area contributed by atoms with E-state index < -0.39 is 35.3 Å². The molecule has 0 aliphatic carbocycles. The molecule has 0 fully saturated rings. The van der Waals surface area contributed by atoms with Crippen LogP contribution in [0.25, 0.3) is 0 Å². The predicted octanol–water partition coefficient (Wildman–Crippen LogP) is 5.11. The Bertz CT molecular complexity index is 1330. The molecular formula is C30H33FN4O3. The van der Waals surface area contributed by atoms with Crippen molar-refractivity contribution in [1.29, 1.82) is 0 Å². The third-order valence-electron chi connectivity index (χ3n) is 6.32. The first-order valence-electron chi connectivity index (χ1n) is 12.6. The zero-order valence-electron chi connectivity index (χ0n) is 22.0. The number of carbonyl (C=O) groups excluding carboxylic acids is 3. The SMILES string of the molecule is Cc1ccc(NC(=O)NC2CC(c3cccc(F)c3)c3ccccc3N(CC(=O)NC(C)(C)C)C2=O)cc1. The van der Waals surface area contributed by atoms with E-state index in [4.69, 9.17) is 0 Å². The number of hydrogen-bond acceptors (Lipinski definition) is 3. The number of carbonyl (C=O) groups is 3. The molecule has 3 aromatic rings. The molecule has 8 heteroatoms. The molecule has 4 amide bonds. The third kappa shape index (κ3) is 6.56. The number of rotatable bonds is 5. The van der Waals surface area contributed by atoms with Gasteiger partial charge in [0, 0.05) is 22.8 Å². The zero-order valence-corrected chi connectivity index (χ0v) is 22.0. The first-order valence-corrected chi connectivity index (χ1v) is 12.6. The maximum Gasteiger partial charge on any atom is 0.319 e. The Kier molecular flexibility index (Phi) is 7.80. The highest BCUT2D eigenvalue weighted by Gasteiger charge is 2.37. The first kappa shape index (κ1) is 26.9. The summed E-state index contributed by atoms with van der Waals surface area (Å²) in [6.07, 6.45) is 0.192. The summed E-state index contributed by atoms with van der Waals surface area (Å²) in [7, 11) is 0. The van der Waals surface area contributed by atoms with Crippen molar-refractivity contribution in [3.63, 3.8) is 0 Å².